The van der Waals surface area contributed by atoms with E-state index < -0.39 is 0 Å². The standard InChI is InChI=1S/C9H6N/c1-2-4-8-6-7-10-9(8)5-3-1/h1-6H. The van der Waals surface area contributed by atoms with Gasteiger partial charge in [0.15, 0.2) is 0 Å². The maximum Gasteiger partial charge on any atom is 0.0900 e. The molecule has 2 aliphatic rings. The zero-order chi connectivity index (χ0) is 6.81. The second kappa shape index (κ2) is 2.10. The Morgan fingerprint density at radius 1 is 1.10 bits per heavy atom. The third kappa shape index (κ3) is 0.760. The third-order valence-electron chi connectivity index (χ3n) is 1.45. The second-order valence-electron chi connectivity index (χ2n) is 2.14. The lowest BCUT2D eigenvalue weighted by Crippen LogP contribution is -1.65. The van der Waals surface area contributed by atoms with Crippen molar-refractivity contribution >= 4 is 0 Å². The average Bonchev–Trinajstić information content (AvgIpc) is 2.28. The molecule has 0 aromatic heterocycles. The van der Waals surface area contributed by atoms with Crippen molar-refractivity contribution in [2.75, 3.05) is 0 Å². The summed E-state index contributed by atoms with van der Waals surface area (Å²) in [5.41, 5.74) is 2.15. The fourth-order valence-corrected chi connectivity index (χ4v) is 0.947. The first-order valence-electron chi connectivity index (χ1n) is 3.19. The van der Waals surface area contributed by atoms with E-state index in [0.29, 0.717) is 0 Å². The van der Waals surface area contributed by atoms with Crippen LogP contribution in [0.2, 0.25) is 0 Å². The molecule has 1 aliphatic heterocycles. The molecule has 1 radical (unpaired) electrons. The number of hydrogen-bond acceptors (Lipinski definition) is 1. The van der Waals surface area contributed by atoms with Crippen molar-refractivity contribution in [3.8, 4) is 11.3 Å². The lowest BCUT2D eigenvalue weighted by atomic mass is 10.2. The molecule has 10 heavy (non-hydrogen) atoms. The lowest BCUT2D eigenvalue weighted by molar-refractivity contribution is 1.40. The summed E-state index contributed by atoms with van der Waals surface area (Å²) in [7, 11) is 0. The van der Waals surface area contributed by atoms with Crippen LogP contribution >= 0.6 is 0 Å². The Kier molecular flexibility index (Phi) is 1.14. The minimum absolute atomic E-state index is 1.00. The Morgan fingerprint density at radius 2 is 2.00 bits per heavy atom. The third-order valence-corrected chi connectivity index (χ3v) is 1.45. The van der Waals surface area contributed by atoms with Gasteiger partial charge in [-0.15, -0.1) is 0 Å². The zero-order valence-electron chi connectivity index (χ0n) is 5.41. The number of aromatic nitrogens is 1. The summed E-state index contributed by atoms with van der Waals surface area (Å²) in [6.45, 7) is 0. The van der Waals surface area contributed by atoms with E-state index in [0.717, 1.165) is 11.3 Å². The van der Waals surface area contributed by atoms with Crippen LogP contribution in [0.5, 0.6) is 0 Å². The van der Waals surface area contributed by atoms with E-state index >= 15 is 0 Å². The molecule has 1 aliphatic carbocycles. The smallest absolute Gasteiger partial charge is 0.0900 e. The normalized spacial score (nSPS) is 10.0. The van der Waals surface area contributed by atoms with Gasteiger partial charge in [-0.3, -0.25) is 0 Å². The Hall–Kier alpha value is -1.37. The van der Waals surface area contributed by atoms with Gasteiger partial charge in [0.25, 0.3) is 0 Å². The highest BCUT2D eigenvalue weighted by atomic mass is 14.7. The minimum atomic E-state index is 1.00. The number of rotatable bonds is 0. The van der Waals surface area contributed by atoms with E-state index in [1.807, 2.05) is 36.4 Å². The fourth-order valence-electron chi connectivity index (χ4n) is 0.947. The van der Waals surface area contributed by atoms with Crippen LogP contribution in [0.4, 0.5) is 0 Å². The van der Waals surface area contributed by atoms with Gasteiger partial charge >= 0.3 is 0 Å². The van der Waals surface area contributed by atoms with Crippen LogP contribution in [0.1, 0.15) is 0 Å². The molecule has 0 amide bonds. The van der Waals surface area contributed by atoms with E-state index in [4.69, 9.17) is 0 Å². The predicted octanol–water partition coefficient (Wildman–Crippen LogP) is 1.99. The van der Waals surface area contributed by atoms with Crippen molar-refractivity contribution in [1.82, 2.24) is 4.98 Å². The van der Waals surface area contributed by atoms with Crippen LogP contribution in [0.15, 0.2) is 36.4 Å². The monoisotopic (exact) mass is 128 g/mol. The summed E-state index contributed by atoms with van der Waals surface area (Å²) in [4.78, 5) is 4.03. The van der Waals surface area contributed by atoms with E-state index in [1.165, 1.54) is 0 Å². The van der Waals surface area contributed by atoms with Gasteiger partial charge in [0, 0.05) is 5.56 Å². The molecule has 0 atom stereocenters. The van der Waals surface area contributed by atoms with Crippen LogP contribution in [0, 0.1) is 6.20 Å². The molecule has 0 saturated heterocycles. The number of nitrogens with zero attached hydrogens (tertiary/aromatic N) is 1. The van der Waals surface area contributed by atoms with Gasteiger partial charge in [-0.05, 0) is 12.1 Å². The molecular formula is C9H6N. The topological polar surface area (TPSA) is 12.9 Å². The van der Waals surface area contributed by atoms with E-state index in [2.05, 4.69) is 11.2 Å². The van der Waals surface area contributed by atoms with Crippen molar-refractivity contribution in [3.63, 3.8) is 0 Å². The zero-order valence-corrected chi connectivity index (χ0v) is 5.41. The average molecular weight is 128 g/mol. The highest BCUT2D eigenvalue weighted by Crippen LogP contribution is 2.15. The van der Waals surface area contributed by atoms with E-state index in [-0.39, 0.29) is 0 Å². The molecule has 1 heteroatoms. The molecule has 1 nitrogen and oxygen atoms in total. The molecule has 1 heterocycles. The number of hydrogen-bond donors (Lipinski definition) is 0. The molecule has 0 fully saturated rings. The molecule has 0 saturated carbocycles. The molecule has 0 aromatic carbocycles. The van der Waals surface area contributed by atoms with Gasteiger partial charge in [-0.2, -0.15) is 0 Å². The summed E-state index contributed by atoms with van der Waals surface area (Å²) >= 11 is 0. The fraction of sp³-hybridized carbons (Fsp3) is 0. The van der Waals surface area contributed by atoms with Crippen molar-refractivity contribution in [2.45, 2.75) is 0 Å². The van der Waals surface area contributed by atoms with Crippen molar-refractivity contribution in [3.05, 3.63) is 42.6 Å². The lowest BCUT2D eigenvalue weighted by Gasteiger charge is -1.83. The Morgan fingerprint density at radius 3 is 3.00 bits per heavy atom. The SMILES string of the molecule is [c]1cc2cccccc-2n1. The molecular weight excluding hydrogens is 122 g/mol. The molecule has 2 rings (SSSR count). The van der Waals surface area contributed by atoms with Crippen LogP contribution in [-0.2, 0) is 0 Å². The van der Waals surface area contributed by atoms with Gasteiger partial charge in [-0.25, -0.2) is 4.98 Å². The molecule has 0 spiro atoms. The molecule has 0 bridgehead atoms. The van der Waals surface area contributed by atoms with Gasteiger partial charge < -0.3 is 0 Å². The summed E-state index contributed by atoms with van der Waals surface area (Å²) in [5, 5.41) is 0. The Bertz CT molecular complexity index is 276. The van der Waals surface area contributed by atoms with Gasteiger partial charge in [0.1, 0.15) is 0 Å². The van der Waals surface area contributed by atoms with Crippen LogP contribution in [0.25, 0.3) is 11.3 Å². The highest BCUT2D eigenvalue weighted by molar-refractivity contribution is 5.59. The summed E-state index contributed by atoms with van der Waals surface area (Å²) in [6, 6.07) is 11.8. The first-order valence-corrected chi connectivity index (χ1v) is 3.19. The van der Waals surface area contributed by atoms with Crippen LogP contribution in [0.3, 0.4) is 0 Å². The molecule has 0 unspecified atom stereocenters. The molecule has 0 aromatic rings. The van der Waals surface area contributed by atoms with Crippen molar-refractivity contribution in [2.24, 2.45) is 0 Å². The largest absolute Gasteiger partial charge is 0.246 e. The Labute approximate surface area is 59.7 Å². The maximum atomic E-state index is 4.03. The van der Waals surface area contributed by atoms with Crippen LogP contribution in [-0.4, -0.2) is 4.98 Å². The van der Waals surface area contributed by atoms with E-state index in [1.54, 1.807) is 0 Å². The summed E-state index contributed by atoms with van der Waals surface area (Å²) in [6.07, 6.45) is 2.80. The first-order chi connectivity index (χ1) is 4.97. The number of fused-ring (bicyclic) bond motifs is 1. The molecule has 47 valence electrons. The first kappa shape index (κ1) is 5.42. The van der Waals surface area contributed by atoms with Crippen molar-refractivity contribution < 1.29 is 0 Å². The van der Waals surface area contributed by atoms with Gasteiger partial charge in [0.05, 0.1) is 11.9 Å². The van der Waals surface area contributed by atoms with Gasteiger partial charge in [-0.1, -0.05) is 24.3 Å². The highest BCUT2D eigenvalue weighted by Gasteiger charge is 1.97. The molecule has 0 N–H and O–H groups in total. The van der Waals surface area contributed by atoms with E-state index in [9.17, 15) is 0 Å². The van der Waals surface area contributed by atoms with Crippen molar-refractivity contribution in [1.29, 1.82) is 0 Å². The second-order valence-corrected chi connectivity index (χ2v) is 2.14. The van der Waals surface area contributed by atoms with Crippen LogP contribution < -0.4 is 0 Å². The predicted molar refractivity (Wildman–Crippen MR) is 39.7 cm³/mol. The quantitative estimate of drug-likeness (QED) is 0.528. The minimum Gasteiger partial charge on any atom is -0.246 e. The van der Waals surface area contributed by atoms with Gasteiger partial charge in [0.2, 0.25) is 0 Å². The summed E-state index contributed by atoms with van der Waals surface area (Å²) in [5.74, 6) is 0. The maximum absolute atomic E-state index is 4.03. The summed E-state index contributed by atoms with van der Waals surface area (Å²) < 4.78 is 0. The Balaban J connectivity index is 2.74.